The van der Waals surface area contributed by atoms with E-state index in [0.717, 1.165) is 17.1 Å². The van der Waals surface area contributed by atoms with Gasteiger partial charge in [0.2, 0.25) is 12.7 Å². The van der Waals surface area contributed by atoms with Gasteiger partial charge in [-0.3, -0.25) is 4.79 Å². The van der Waals surface area contributed by atoms with Gasteiger partial charge < -0.3 is 14.8 Å². The summed E-state index contributed by atoms with van der Waals surface area (Å²) >= 11 is 0. The Bertz CT molecular complexity index is 750. The van der Waals surface area contributed by atoms with Crippen molar-refractivity contribution in [2.24, 2.45) is 0 Å². The van der Waals surface area contributed by atoms with E-state index in [2.05, 4.69) is 5.32 Å². The molecule has 2 aromatic rings. The third-order valence-electron chi connectivity index (χ3n) is 3.37. The van der Waals surface area contributed by atoms with Crippen LogP contribution in [0.1, 0.15) is 17.5 Å². The molecule has 0 atom stereocenters. The average Bonchev–Trinajstić information content (AvgIpc) is 3.02. The third-order valence-corrected chi connectivity index (χ3v) is 3.37. The summed E-state index contributed by atoms with van der Waals surface area (Å²) in [5, 5.41) is 11.6. The zero-order chi connectivity index (χ0) is 15.4. The molecule has 0 aromatic heterocycles. The van der Waals surface area contributed by atoms with Crippen LogP contribution in [0.25, 0.3) is 0 Å². The molecule has 5 nitrogen and oxygen atoms in total. The normalized spacial score (nSPS) is 11.8. The number of nitrogens with one attached hydrogen (secondary N) is 1. The number of benzene rings is 2. The van der Waals surface area contributed by atoms with E-state index in [-0.39, 0.29) is 12.7 Å². The van der Waals surface area contributed by atoms with E-state index < -0.39 is 0 Å². The molecule has 1 aliphatic heterocycles. The Kier molecular flexibility index (Phi) is 3.92. The van der Waals surface area contributed by atoms with Gasteiger partial charge in [-0.05, 0) is 36.2 Å². The fourth-order valence-electron chi connectivity index (χ4n) is 2.33. The number of carbonyl (C=O) groups excluding carboxylic acids is 1. The molecule has 2 aromatic carbocycles. The average molecular weight is 294 g/mol. The first-order valence-corrected chi connectivity index (χ1v) is 6.94. The highest BCUT2D eigenvalue weighted by atomic mass is 16.7. The lowest BCUT2D eigenvalue weighted by atomic mass is 10.1. The van der Waals surface area contributed by atoms with Crippen molar-refractivity contribution in [1.82, 2.24) is 0 Å². The van der Waals surface area contributed by atoms with Crippen LogP contribution in [0, 0.1) is 11.3 Å². The molecule has 1 heterocycles. The van der Waals surface area contributed by atoms with Crippen LogP contribution in [0.4, 0.5) is 5.69 Å². The molecule has 0 bridgehead atoms. The fraction of sp³-hybridized carbons (Fsp3) is 0.176. The van der Waals surface area contributed by atoms with E-state index in [9.17, 15) is 4.79 Å². The van der Waals surface area contributed by atoms with E-state index in [1.54, 1.807) is 24.3 Å². The van der Waals surface area contributed by atoms with E-state index in [1.807, 2.05) is 24.3 Å². The lowest BCUT2D eigenvalue weighted by Crippen LogP contribution is -2.12. The molecule has 0 radical (unpaired) electrons. The number of nitriles is 1. The number of amides is 1. The minimum absolute atomic E-state index is 0.105. The molecule has 5 heteroatoms. The molecule has 3 rings (SSSR count). The molecule has 0 saturated carbocycles. The maximum Gasteiger partial charge on any atom is 0.231 e. The van der Waals surface area contributed by atoms with Crippen molar-refractivity contribution in [2.45, 2.75) is 12.8 Å². The summed E-state index contributed by atoms with van der Waals surface area (Å²) in [6, 6.07) is 14.5. The smallest absolute Gasteiger partial charge is 0.231 e. The molecular formula is C17H14N2O3. The highest BCUT2D eigenvalue weighted by Crippen LogP contribution is 2.35. The lowest BCUT2D eigenvalue weighted by Gasteiger charge is -2.07. The number of carbonyl (C=O) groups is 1. The molecule has 0 fully saturated rings. The molecule has 1 amide bonds. The predicted octanol–water partition coefficient (Wildman–Crippen LogP) is 2.86. The van der Waals surface area contributed by atoms with Gasteiger partial charge in [-0.25, -0.2) is 0 Å². The number of hydrogen-bond donors (Lipinski definition) is 1. The Morgan fingerprint density at radius 2 is 2.09 bits per heavy atom. The fourth-order valence-corrected chi connectivity index (χ4v) is 2.33. The van der Waals surface area contributed by atoms with Crippen molar-refractivity contribution in [3.8, 4) is 17.6 Å². The molecule has 0 spiro atoms. The second-order valence-corrected chi connectivity index (χ2v) is 4.89. The SMILES string of the molecule is N#Cc1cccc(NC(=O)CCc2cccc3c2OCO3)c1. The molecule has 0 saturated heterocycles. The summed E-state index contributed by atoms with van der Waals surface area (Å²) in [4.78, 5) is 12.0. The molecule has 0 aliphatic carbocycles. The minimum atomic E-state index is -0.105. The van der Waals surface area contributed by atoms with E-state index in [1.165, 1.54) is 0 Å². The van der Waals surface area contributed by atoms with Gasteiger partial charge >= 0.3 is 0 Å². The first kappa shape index (κ1) is 14.0. The van der Waals surface area contributed by atoms with Gasteiger partial charge in [-0.15, -0.1) is 0 Å². The number of rotatable bonds is 4. The van der Waals surface area contributed by atoms with Crippen molar-refractivity contribution in [3.63, 3.8) is 0 Å². The number of nitrogens with zero attached hydrogens (tertiary/aromatic N) is 1. The monoisotopic (exact) mass is 294 g/mol. The summed E-state index contributed by atoms with van der Waals surface area (Å²) in [6.45, 7) is 0.222. The highest BCUT2D eigenvalue weighted by molar-refractivity contribution is 5.91. The van der Waals surface area contributed by atoms with E-state index in [4.69, 9.17) is 14.7 Å². The van der Waals surface area contributed by atoms with E-state index in [0.29, 0.717) is 24.1 Å². The number of aryl methyl sites for hydroxylation is 1. The van der Waals surface area contributed by atoms with E-state index >= 15 is 0 Å². The van der Waals surface area contributed by atoms with Gasteiger partial charge in [0.15, 0.2) is 11.5 Å². The maximum atomic E-state index is 12.0. The molecule has 110 valence electrons. The summed E-state index contributed by atoms with van der Waals surface area (Å²) < 4.78 is 10.7. The molecule has 1 N–H and O–H groups in total. The minimum Gasteiger partial charge on any atom is -0.454 e. The van der Waals surface area contributed by atoms with Gasteiger partial charge in [-0.2, -0.15) is 5.26 Å². The molecule has 0 unspecified atom stereocenters. The zero-order valence-electron chi connectivity index (χ0n) is 11.8. The third kappa shape index (κ3) is 3.01. The Balaban J connectivity index is 1.61. The Labute approximate surface area is 128 Å². The number of hydrogen-bond acceptors (Lipinski definition) is 4. The number of para-hydroxylation sites is 1. The Hall–Kier alpha value is -3.00. The van der Waals surface area contributed by atoms with Crippen molar-refractivity contribution in [2.75, 3.05) is 12.1 Å². The van der Waals surface area contributed by atoms with Gasteiger partial charge in [0.05, 0.1) is 11.6 Å². The maximum absolute atomic E-state index is 12.0. The largest absolute Gasteiger partial charge is 0.454 e. The number of anilines is 1. The highest BCUT2D eigenvalue weighted by Gasteiger charge is 2.17. The first-order chi connectivity index (χ1) is 10.8. The summed E-state index contributed by atoms with van der Waals surface area (Å²) in [5.41, 5.74) is 2.10. The van der Waals surface area contributed by atoms with Crippen LogP contribution in [0.15, 0.2) is 42.5 Å². The van der Waals surface area contributed by atoms with Gasteiger partial charge in [0, 0.05) is 12.1 Å². The van der Waals surface area contributed by atoms with Crippen LogP contribution < -0.4 is 14.8 Å². The van der Waals surface area contributed by atoms with Crippen LogP contribution in [0.2, 0.25) is 0 Å². The summed E-state index contributed by atoms with van der Waals surface area (Å²) in [7, 11) is 0. The standard InChI is InChI=1S/C17H14N2O3/c18-10-12-3-1-5-14(9-12)19-16(20)8-7-13-4-2-6-15-17(13)22-11-21-15/h1-6,9H,7-8,11H2,(H,19,20). The molecule has 1 aliphatic rings. The summed E-state index contributed by atoms with van der Waals surface area (Å²) in [6.07, 6.45) is 0.896. The van der Waals surface area contributed by atoms with Crippen LogP contribution in [0.3, 0.4) is 0 Å². The number of fused-ring (bicyclic) bond motifs is 1. The van der Waals surface area contributed by atoms with Crippen molar-refractivity contribution < 1.29 is 14.3 Å². The number of ether oxygens (including phenoxy) is 2. The lowest BCUT2D eigenvalue weighted by molar-refractivity contribution is -0.116. The van der Waals surface area contributed by atoms with Crippen LogP contribution >= 0.6 is 0 Å². The van der Waals surface area contributed by atoms with Crippen molar-refractivity contribution >= 4 is 11.6 Å². The van der Waals surface area contributed by atoms with Crippen molar-refractivity contribution in [3.05, 3.63) is 53.6 Å². The first-order valence-electron chi connectivity index (χ1n) is 6.94. The van der Waals surface area contributed by atoms with Crippen LogP contribution in [0.5, 0.6) is 11.5 Å². The van der Waals surface area contributed by atoms with Gasteiger partial charge in [0.1, 0.15) is 0 Å². The van der Waals surface area contributed by atoms with Gasteiger partial charge in [-0.1, -0.05) is 18.2 Å². The molecule has 22 heavy (non-hydrogen) atoms. The summed E-state index contributed by atoms with van der Waals surface area (Å²) in [5.74, 6) is 1.34. The Morgan fingerprint density at radius 3 is 2.95 bits per heavy atom. The topological polar surface area (TPSA) is 71.4 Å². The van der Waals surface area contributed by atoms with Crippen LogP contribution in [-0.2, 0) is 11.2 Å². The van der Waals surface area contributed by atoms with Crippen molar-refractivity contribution in [1.29, 1.82) is 5.26 Å². The van der Waals surface area contributed by atoms with Gasteiger partial charge in [0.25, 0.3) is 0 Å². The van der Waals surface area contributed by atoms with Crippen LogP contribution in [-0.4, -0.2) is 12.7 Å². The quantitative estimate of drug-likeness (QED) is 0.941. The predicted molar refractivity (Wildman–Crippen MR) is 80.7 cm³/mol. The second kappa shape index (κ2) is 6.19. The zero-order valence-corrected chi connectivity index (χ0v) is 11.8. The second-order valence-electron chi connectivity index (χ2n) is 4.89. The molecular weight excluding hydrogens is 280 g/mol. The Morgan fingerprint density at radius 1 is 1.23 bits per heavy atom.